The van der Waals surface area contributed by atoms with Gasteiger partial charge in [0.05, 0.1) is 0 Å². The van der Waals surface area contributed by atoms with Crippen molar-refractivity contribution in [2.45, 2.75) is 25.2 Å². The molecule has 0 spiro atoms. The average Bonchev–Trinajstić information content (AvgIpc) is 2.70. The number of hydrogen-bond donors (Lipinski definition) is 2. The molecule has 3 rings (SSSR count). The van der Waals surface area contributed by atoms with E-state index in [1.165, 1.54) is 24.3 Å². The summed E-state index contributed by atoms with van der Waals surface area (Å²) in [6.07, 6.45) is 0.579. The molecule has 1 amide bonds. The third-order valence-electron chi connectivity index (χ3n) is 4.55. The number of hydrogen-bond acceptors (Lipinski definition) is 5. The Morgan fingerprint density at radius 1 is 1.00 bits per heavy atom. The SMILES string of the molecule is Cc1ccc(C)c(S(=O)(=O)Oc2ccc(C(=O)NCCc3cccc(O)c3)cc2)c1. The van der Waals surface area contributed by atoms with Gasteiger partial charge in [0, 0.05) is 12.1 Å². The number of carbonyl (C=O) groups excluding carboxylic acids is 1. The highest BCUT2D eigenvalue weighted by Crippen LogP contribution is 2.22. The van der Waals surface area contributed by atoms with Crippen molar-refractivity contribution >= 4 is 16.0 Å². The van der Waals surface area contributed by atoms with Crippen LogP contribution in [0.4, 0.5) is 0 Å². The molecule has 6 nitrogen and oxygen atoms in total. The first-order valence-electron chi connectivity index (χ1n) is 9.42. The molecule has 0 atom stereocenters. The van der Waals surface area contributed by atoms with Gasteiger partial charge in [0.25, 0.3) is 5.91 Å². The molecule has 30 heavy (non-hydrogen) atoms. The van der Waals surface area contributed by atoms with Gasteiger partial charge in [0.15, 0.2) is 0 Å². The molecule has 3 aromatic carbocycles. The van der Waals surface area contributed by atoms with Gasteiger partial charge >= 0.3 is 10.1 Å². The van der Waals surface area contributed by atoms with Crippen LogP contribution in [0, 0.1) is 13.8 Å². The molecule has 3 aromatic rings. The predicted molar refractivity (Wildman–Crippen MR) is 114 cm³/mol. The molecule has 0 aliphatic rings. The molecule has 2 N–H and O–H groups in total. The first kappa shape index (κ1) is 21.4. The highest BCUT2D eigenvalue weighted by molar-refractivity contribution is 7.87. The Labute approximate surface area is 176 Å². The largest absolute Gasteiger partial charge is 0.508 e. The number of aryl methyl sites for hydroxylation is 2. The van der Waals surface area contributed by atoms with E-state index in [4.69, 9.17) is 4.18 Å². The van der Waals surface area contributed by atoms with Crippen LogP contribution >= 0.6 is 0 Å². The monoisotopic (exact) mass is 425 g/mol. The minimum atomic E-state index is -3.97. The third kappa shape index (κ3) is 5.39. The first-order valence-corrected chi connectivity index (χ1v) is 10.8. The first-order chi connectivity index (χ1) is 14.2. The Morgan fingerprint density at radius 3 is 2.43 bits per heavy atom. The van der Waals surface area contributed by atoms with Gasteiger partial charge in [-0.15, -0.1) is 0 Å². The summed E-state index contributed by atoms with van der Waals surface area (Å²) in [6, 6.07) is 17.9. The lowest BCUT2D eigenvalue weighted by Crippen LogP contribution is -2.25. The van der Waals surface area contributed by atoms with Gasteiger partial charge in [-0.05, 0) is 79.4 Å². The molecular weight excluding hydrogens is 402 g/mol. The summed E-state index contributed by atoms with van der Waals surface area (Å²) >= 11 is 0. The molecule has 7 heteroatoms. The van der Waals surface area contributed by atoms with E-state index in [1.807, 2.05) is 19.1 Å². The number of phenols is 1. The minimum Gasteiger partial charge on any atom is -0.508 e. The second kappa shape index (κ2) is 9.00. The van der Waals surface area contributed by atoms with Crippen LogP contribution in [0.15, 0.2) is 71.6 Å². The second-order valence-corrected chi connectivity index (χ2v) is 8.52. The molecular formula is C23H23NO5S. The summed E-state index contributed by atoms with van der Waals surface area (Å²) in [7, 11) is -3.97. The lowest BCUT2D eigenvalue weighted by atomic mass is 10.1. The summed E-state index contributed by atoms with van der Waals surface area (Å²) in [5, 5.41) is 12.3. The van der Waals surface area contributed by atoms with Gasteiger partial charge in [0.2, 0.25) is 0 Å². The van der Waals surface area contributed by atoms with Gasteiger partial charge in [-0.1, -0.05) is 24.3 Å². The molecule has 0 saturated heterocycles. The highest BCUT2D eigenvalue weighted by Gasteiger charge is 2.19. The van der Waals surface area contributed by atoms with Gasteiger partial charge in [-0.3, -0.25) is 4.79 Å². The summed E-state index contributed by atoms with van der Waals surface area (Å²) in [5.41, 5.74) is 2.72. The van der Waals surface area contributed by atoms with E-state index in [-0.39, 0.29) is 22.3 Å². The van der Waals surface area contributed by atoms with Crippen molar-refractivity contribution in [3.05, 3.63) is 89.0 Å². The van der Waals surface area contributed by atoms with Crippen LogP contribution in [0.5, 0.6) is 11.5 Å². The third-order valence-corrected chi connectivity index (χ3v) is 5.94. The number of phenolic OH excluding ortho intramolecular Hbond substituents is 1. The Bertz CT molecular complexity index is 1150. The fourth-order valence-electron chi connectivity index (χ4n) is 2.94. The van der Waals surface area contributed by atoms with E-state index in [2.05, 4.69) is 5.32 Å². The second-order valence-electron chi connectivity index (χ2n) is 7.01. The van der Waals surface area contributed by atoms with Crippen LogP contribution in [0.1, 0.15) is 27.0 Å². The zero-order valence-corrected chi connectivity index (χ0v) is 17.6. The van der Waals surface area contributed by atoms with E-state index in [0.717, 1.165) is 11.1 Å². The van der Waals surface area contributed by atoms with Crippen molar-refractivity contribution in [2.75, 3.05) is 6.54 Å². The molecule has 0 radical (unpaired) electrons. The Hall–Kier alpha value is -3.32. The molecule has 0 heterocycles. The van der Waals surface area contributed by atoms with Crippen molar-refractivity contribution < 1.29 is 22.5 Å². The van der Waals surface area contributed by atoms with Crippen molar-refractivity contribution in [3.63, 3.8) is 0 Å². The maximum absolute atomic E-state index is 12.6. The van der Waals surface area contributed by atoms with Crippen LogP contribution in [0.3, 0.4) is 0 Å². The van der Waals surface area contributed by atoms with Crippen LogP contribution in [-0.4, -0.2) is 26.0 Å². The predicted octanol–water partition coefficient (Wildman–Crippen LogP) is 3.75. The van der Waals surface area contributed by atoms with Gasteiger partial charge < -0.3 is 14.6 Å². The van der Waals surface area contributed by atoms with Gasteiger partial charge in [-0.2, -0.15) is 8.42 Å². The normalized spacial score (nSPS) is 11.1. The quantitative estimate of drug-likeness (QED) is 0.563. The van der Waals surface area contributed by atoms with Gasteiger partial charge in [0.1, 0.15) is 16.4 Å². The minimum absolute atomic E-state index is 0.122. The number of benzene rings is 3. The summed E-state index contributed by atoms with van der Waals surface area (Å²) < 4.78 is 30.4. The van der Waals surface area contributed by atoms with Gasteiger partial charge in [-0.25, -0.2) is 0 Å². The molecule has 0 fully saturated rings. The lowest BCUT2D eigenvalue weighted by Gasteiger charge is -2.11. The van der Waals surface area contributed by atoms with E-state index in [0.29, 0.717) is 24.1 Å². The van der Waals surface area contributed by atoms with E-state index in [9.17, 15) is 18.3 Å². The van der Waals surface area contributed by atoms with Crippen molar-refractivity contribution in [1.29, 1.82) is 0 Å². The molecule has 0 bridgehead atoms. The average molecular weight is 426 g/mol. The summed E-state index contributed by atoms with van der Waals surface area (Å²) in [4.78, 5) is 12.4. The van der Waals surface area contributed by atoms with E-state index in [1.54, 1.807) is 37.3 Å². The molecule has 0 saturated carbocycles. The van der Waals surface area contributed by atoms with Crippen LogP contribution in [0.25, 0.3) is 0 Å². The van der Waals surface area contributed by atoms with Crippen LogP contribution in [-0.2, 0) is 16.5 Å². The fraction of sp³-hybridized carbons (Fsp3) is 0.174. The maximum Gasteiger partial charge on any atom is 0.339 e. The molecule has 156 valence electrons. The number of nitrogens with one attached hydrogen (secondary N) is 1. The molecule has 0 unspecified atom stereocenters. The van der Waals surface area contributed by atoms with Crippen molar-refractivity contribution in [3.8, 4) is 11.5 Å². The number of amides is 1. The number of aromatic hydroxyl groups is 1. The maximum atomic E-state index is 12.6. The van der Waals surface area contributed by atoms with Crippen LogP contribution in [0.2, 0.25) is 0 Å². The molecule has 0 aliphatic carbocycles. The van der Waals surface area contributed by atoms with E-state index < -0.39 is 10.1 Å². The Kier molecular flexibility index (Phi) is 6.42. The highest BCUT2D eigenvalue weighted by atomic mass is 32.2. The number of rotatable bonds is 7. The lowest BCUT2D eigenvalue weighted by molar-refractivity contribution is 0.0954. The fourth-order valence-corrected chi connectivity index (χ4v) is 4.19. The summed E-state index contributed by atoms with van der Waals surface area (Å²) in [6.45, 7) is 3.92. The summed E-state index contributed by atoms with van der Waals surface area (Å²) in [5.74, 6) is 0.0385. The zero-order valence-electron chi connectivity index (χ0n) is 16.8. The zero-order chi connectivity index (χ0) is 21.7. The molecule has 0 aliphatic heterocycles. The van der Waals surface area contributed by atoms with Crippen LogP contribution < -0.4 is 9.50 Å². The Balaban J connectivity index is 1.61. The molecule has 0 aromatic heterocycles. The topological polar surface area (TPSA) is 92.7 Å². The standard InChI is InChI=1S/C23H23NO5S/c1-16-6-7-17(2)22(14-16)30(27,28)29-21-10-8-19(9-11-21)23(26)24-13-12-18-4-3-5-20(25)15-18/h3-11,14-15,25H,12-13H2,1-2H3,(H,24,26). The number of carbonyl (C=O) groups is 1. The van der Waals surface area contributed by atoms with E-state index >= 15 is 0 Å². The Morgan fingerprint density at radius 2 is 1.73 bits per heavy atom. The smallest absolute Gasteiger partial charge is 0.339 e. The van der Waals surface area contributed by atoms with Crippen molar-refractivity contribution in [1.82, 2.24) is 5.32 Å². The van der Waals surface area contributed by atoms with Crippen molar-refractivity contribution in [2.24, 2.45) is 0 Å².